The number of aliphatic hydroxyl groups is 5. The van der Waals surface area contributed by atoms with Crippen molar-refractivity contribution in [3.8, 4) is 0 Å². The van der Waals surface area contributed by atoms with Crippen molar-refractivity contribution in [2.24, 2.45) is 0 Å². The molecule has 6 N–H and O–H groups in total. The van der Waals surface area contributed by atoms with E-state index in [0.717, 1.165) is 96.3 Å². The topological polar surface area (TPSA) is 149 Å². The van der Waals surface area contributed by atoms with Crippen LogP contribution in [0.1, 0.15) is 284 Å². The average molecular weight is 1210 g/mol. The lowest BCUT2D eigenvalue weighted by atomic mass is 9.99. The fourth-order valence-electron chi connectivity index (χ4n) is 10.4. The fourth-order valence-corrected chi connectivity index (χ4v) is 10.4. The Labute approximate surface area is 533 Å². The van der Waals surface area contributed by atoms with Gasteiger partial charge in [-0.3, -0.25) is 4.79 Å². The summed E-state index contributed by atoms with van der Waals surface area (Å²) < 4.78 is 11.3. The normalized spacial score (nSPS) is 18.9. The number of hydrogen-bond donors (Lipinski definition) is 6. The van der Waals surface area contributed by atoms with Crippen molar-refractivity contribution in [3.63, 3.8) is 0 Å². The van der Waals surface area contributed by atoms with Crippen LogP contribution in [0.5, 0.6) is 0 Å². The lowest BCUT2D eigenvalue weighted by Gasteiger charge is -2.40. The minimum Gasteiger partial charge on any atom is -0.394 e. The summed E-state index contributed by atoms with van der Waals surface area (Å²) >= 11 is 0. The molecule has 0 bridgehead atoms. The summed E-state index contributed by atoms with van der Waals surface area (Å²) in [6.45, 7) is 3.64. The van der Waals surface area contributed by atoms with Gasteiger partial charge in [-0.05, 0) is 109 Å². The fraction of sp³-hybridized carbons (Fsp3) is 0.679. The number of allylic oxidation sites excluding steroid dienone is 23. The Kier molecular flexibility index (Phi) is 60.6. The van der Waals surface area contributed by atoms with Gasteiger partial charge in [-0.1, -0.05) is 314 Å². The van der Waals surface area contributed by atoms with Crippen molar-refractivity contribution in [1.82, 2.24) is 5.32 Å². The molecular weight excluding hydrogens is 1080 g/mol. The number of carbonyl (C=O) groups excluding carboxylic acids is 1. The van der Waals surface area contributed by atoms with Gasteiger partial charge in [0.2, 0.25) is 5.91 Å². The SMILES string of the molecule is CC/C=C\C/C=C\C/C=C\C/C=C\C/C=C\C/C=C\C/C=C\C/C=C\C/C=C\C/C=C\CCCCC(=O)NC(COC1OC(CO)C(O)C(O)C1O)C(O)/C=C/CC/C=C/CCCCCCCCCCCCCCCCCCCCCCCCCCC. The maximum atomic E-state index is 13.1. The summed E-state index contributed by atoms with van der Waals surface area (Å²) in [6, 6.07) is -0.859. The van der Waals surface area contributed by atoms with Crippen LogP contribution < -0.4 is 5.32 Å². The van der Waals surface area contributed by atoms with Crippen LogP contribution in [-0.2, 0) is 14.3 Å². The Hall–Kier alpha value is -3.93. The molecule has 0 aromatic carbocycles. The van der Waals surface area contributed by atoms with E-state index >= 15 is 0 Å². The van der Waals surface area contributed by atoms with Gasteiger partial charge in [0, 0.05) is 6.42 Å². The van der Waals surface area contributed by atoms with Gasteiger partial charge in [0.25, 0.3) is 0 Å². The highest BCUT2D eigenvalue weighted by molar-refractivity contribution is 5.76. The van der Waals surface area contributed by atoms with Gasteiger partial charge in [-0.15, -0.1) is 0 Å². The highest BCUT2D eigenvalue weighted by atomic mass is 16.7. The first-order valence-electron chi connectivity index (χ1n) is 35.6. The second-order valence-corrected chi connectivity index (χ2v) is 23.9. The van der Waals surface area contributed by atoms with E-state index < -0.39 is 49.5 Å². The zero-order chi connectivity index (χ0) is 62.8. The van der Waals surface area contributed by atoms with E-state index in [0.29, 0.717) is 6.42 Å². The third kappa shape index (κ3) is 53.6. The maximum Gasteiger partial charge on any atom is 0.220 e. The molecule has 0 aromatic heterocycles. The van der Waals surface area contributed by atoms with Gasteiger partial charge in [0.05, 0.1) is 25.4 Å². The predicted molar refractivity (Wildman–Crippen MR) is 373 cm³/mol. The highest BCUT2D eigenvalue weighted by Crippen LogP contribution is 2.23. The van der Waals surface area contributed by atoms with Crippen molar-refractivity contribution < 1.29 is 39.8 Å². The van der Waals surface area contributed by atoms with Crippen LogP contribution in [0.4, 0.5) is 0 Å². The Balaban J connectivity index is 2.22. The van der Waals surface area contributed by atoms with E-state index in [4.69, 9.17) is 9.47 Å². The minimum absolute atomic E-state index is 0.228. The van der Waals surface area contributed by atoms with Crippen molar-refractivity contribution in [2.75, 3.05) is 13.2 Å². The van der Waals surface area contributed by atoms with Crippen molar-refractivity contribution in [3.05, 3.63) is 146 Å². The number of ether oxygens (including phenoxy) is 2. The molecule has 7 atom stereocenters. The van der Waals surface area contributed by atoms with Crippen LogP contribution in [0, 0.1) is 0 Å². The lowest BCUT2D eigenvalue weighted by Crippen LogP contribution is -2.60. The molecule has 0 radical (unpaired) electrons. The molecular formula is C78H131NO8. The predicted octanol–water partition coefficient (Wildman–Crippen LogP) is 19.7. The highest BCUT2D eigenvalue weighted by Gasteiger charge is 2.44. The summed E-state index contributed by atoms with van der Waals surface area (Å²) in [5.74, 6) is -0.232. The van der Waals surface area contributed by atoms with Crippen LogP contribution in [0.3, 0.4) is 0 Å². The molecule has 0 aromatic rings. The third-order valence-corrected chi connectivity index (χ3v) is 15.9. The van der Waals surface area contributed by atoms with Crippen molar-refractivity contribution in [2.45, 2.75) is 326 Å². The molecule has 87 heavy (non-hydrogen) atoms. The molecule has 1 rings (SSSR count). The number of rotatable bonds is 60. The van der Waals surface area contributed by atoms with Crippen LogP contribution in [0.25, 0.3) is 0 Å². The van der Waals surface area contributed by atoms with Gasteiger partial charge in [0.15, 0.2) is 6.29 Å². The summed E-state index contributed by atoms with van der Waals surface area (Å²) in [6.07, 6.45) is 93.9. The van der Waals surface area contributed by atoms with E-state index in [2.05, 4.69) is 153 Å². The Bertz CT molecular complexity index is 1890. The number of aliphatic hydroxyl groups excluding tert-OH is 5. The summed E-state index contributed by atoms with van der Waals surface area (Å²) in [4.78, 5) is 13.1. The van der Waals surface area contributed by atoms with E-state index in [9.17, 15) is 30.3 Å². The summed E-state index contributed by atoms with van der Waals surface area (Å²) in [5, 5.41) is 54.7. The zero-order valence-electron chi connectivity index (χ0n) is 55.5. The molecule has 1 amide bonds. The molecule has 1 aliphatic rings. The first kappa shape index (κ1) is 81.1. The monoisotopic (exact) mass is 1210 g/mol. The number of nitrogens with one attached hydrogen (secondary N) is 1. The summed E-state index contributed by atoms with van der Waals surface area (Å²) in [7, 11) is 0. The van der Waals surface area contributed by atoms with Gasteiger partial charge < -0.3 is 40.3 Å². The lowest BCUT2D eigenvalue weighted by molar-refractivity contribution is -0.302. The molecule has 0 spiro atoms. The number of amides is 1. The molecule has 496 valence electrons. The third-order valence-electron chi connectivity index (χ3n) is 15.9. The first-order valence-corrected chi connectivity index (χ1v) is 35.6. The molecule has 7 unspecified atom stereocenters. The van der Waals surface area contributed by atoms with Crippen molar-refractivity contribution >= 4 is 5.91 Å². The largest absolute Gasteiger partial charge is 0.394 e. The van der Waals surface area contributed by atoms with Gasteiger partial charge in [-0.2, -0.15) is 0 Å². The van der Waals surface area contributed by atoms with E-state index in [1.807, 2.05) is 6.08 Å². The smallest absolute Gasteiger partial charge is 0.220 e. The van der Waals surface area contributed by atoms with Crippen LogP contribution in [-0.4, -0.2) is 87.5 Å². The second kappa shape index (κ2) is 65.0. The average Bonchev–Trinajstić information content (AvgIpc) is 3.38. The summed E-state index contributed by atoms with van der Waals surface area (Å²) in [5.41, 5.74) is 0. The van der Waals surface area contributed by atoms with Crippen molar-refractivity contribution in [1.29, 1.82) is 0 Å². The quantitative estimate of drug-likeness (QED) is 0.0261. The number of hydrogen-bond acceptors (Lipinski definition) is 8. The Morgan fingerprint density at radius 2 is 0.724 bits per heavy atom. The zero-order valence-corrected chi connectivity index (χ0v) is 55.5. The molecule has 1 saturated heterocycles. The minimum atomic E-state index is -1.59. The van der Waals surface area contributed by atoms with Crippen LogP contribution in [0.15, 0.2) is 146 Å². The Morgan fingerprint density at radius 1 is 0.402 bits per heavy atom. The van der Waals surface area contributed by atoms with Crippen LogP contribution >= 0.6 is 0 Å². The molecule has 0 aliphatic carbocycles. The van der Waals surface area contributed by atoms with Gasteiger partial charge >= 0.3 is 0 Å². The van der Waals surface area contributed by atoms with E-state index in [1.165, 1.54) is 161 Å². The molecule has 9 nitrogen and oxygen atoms in total. The molecule has 1 heterocycles. The second-order valence-electron chi connectivity index (χ2n) is 23.9. The van der Waals surface area contributed by atoms with E-state index in [1.54, 1.807) is 6.08 Å². The van der Waals surface area contributed by atoms with E-state index in [-0.39, 0.29) is 18.9 Å². The number of unbranched alkanes of at least 4 members (excludes halogenated alkanes) is 28. The molecule has 0 saturated carbocycles. The molecule has 1 fully saturated rings. The van der Waals surface area contributed by atoms with Gasteiger partial charge in [-0.25, -0.2) is 0 Å². The number of carbonyl (C=O) groups is 1. The Morgan fingerprint density at radius 3 is 1.10 bits per heavy atom. The standard InChI is InChI=1S/C78H131NO8/c1-3-5-7-9-11-13-15-17-19-21-23-25-27-29-31-33-35-36-38-40-42-44-46-48-50-52-54-56-58-60-62-64-66-68-74(82)79-71(70-86-78-77(85)76(84)75(83)73(69-80)87-78)72(81)67-65-63-61-59-57-55-53-51-49-47-45-43-41-39-37-34-32-30-28-26-24-22-20-18-16-14-12-10-8-6-4-2/h5,7,11,13,17,19,23,25,29,31,35-36,40,42,46,48,52,54,57-60,65,67,71-73,75-78,80-81,83-85H,3-4,6,8-10,12,14-16,18,20-22,24,26-28,30,32-34,37-39,41,43-45,47,49-51,53,55-56,61-64,66,68-70H2,1-2H3,(H,79,82)/b7-5-,13-11-,19-17-,25-23-,31-29-,36-35-,42-40-,48-46-,54-52-,59-57+,60-58-,67-65+. The first-order chi connectivity index (χ1) is 42.8. The molecule has 9 heteroatoms. The van der Waals surface area contributed by atoms with Gasteiger partial charge in [0.1, 0.15) is 24.4 Å². The van der Waals surface area contributed by atoms with Crippen LogP contribution in [0.2, 0.25) is 0 Å². The maximum absolute atomic E-state index is 13.1. The molecule has 1 aliphatic heterocycles.